The monoisotopic (exact) mass is 464 g/mol. The smallest absolute Gasteiger partial charge is 0.326 e. The first-order chi connectivity index (χ1) is 16.4. The number of fused-ring (bicyclic) bond motifs is 1. The fourth-order valence-electron chi connectivity index (χ4n) is 4.21. The predicted molar refractivity (Wildman–Crippen MR) is 124 cm³/mol. The number of hydrogen-bond acceptors (Lipinski definition) is 4. The van der Waals surface area contributed by atoms with E-state index in [2.05, 4.69) is 20.8 Å². The number of carboxylic acids is 1. The number of urea groups is 1. The van der Waals surface area contributed by atoms with Gasteiger partial charge in [-0.05, 0) is 54.5 Å². The number of carboxylic acid groups (broad SMARTS) is 1. The molecular formula is C25H25FN4O4. The van der Waals surface area contributed by atoms with Gasteiger partial charge < -0.3 is 15.7 Å². The molecule has 9 heteroatoms. The summed E-state index contributed by atoms with van der Waals surface area (Å²) >= 11 is 0. The van der Waals surface area contributed by atoms with E-state index in [-0.39, 0.29) is 17.7 Å². The lowest BCUT2D eigenvalue weighted by atomic mass is 9.90. The summed E-state index contributed by atoms with van der Waals surface area (Å²) in [6.07, 6.45) is 3.88. The standard InChI is InChI=1S/C25H25FN4O4/c26-19-11-10-16(13-20-17-8-4-5-9-18(17)23(31)30-29-20)14-21(19)27-25(34)28-22(24(32)33)12-15-6-2-1-3-7-15/h1-3,6-7,10-11,14,22H,4-5,8-9,12-13H2,(H,30,31)(H,32,33)(H2,27,28,34). The van der Waals surface area contributed by atoms with Crippen molar-refractivity contribution in [3.63, 3.8) is 0 Å². The minimum Gasteiger partial charge on any atom is -0.480 e. The quantitative estimate of drug-likeness (QED) is 0.428. The molecule has 3 aromatic rings. The lowest BCUT2D eigenvalue weighted by molar-refractivity contribution is -0.139. The number of aromatic nitrogens is 2. The average Bonchev–Trinajstić information content (AvgIpc) is 2.83. The molecule has 0 aliphatic heterocycles. The Bertz CT molecular complexity index is 1260. The summed E-state index contributed by atoms with van der Waals surface area (Å²) in [4.78, 5) is 36.1. The molecule has 8 nitrogen and oxygen atoms in total. The van der Waals surface area contributed by atoms with Crippen molar-refractivity contribution in [3.05, 3.63) is 92.6 Å². The van der Waals surface area contributed by atoms with Crippen LogP contribution in [0, 0.1) is 5.82 Å². The molecule has 0 bridgehead atoms. The van der Waals surface area contributed by atoms with Crippen LogP contribution in [0.15, 0.2) is 53.3 Å². The summed E-state index contributed by atoms with van der Waals surface area (Å²) in [5, 5.41) is 21.0. The van der Waals surface area contributed by atoms with E-state index in [4.69, 9.17) is 0 Å². The SMILES string of the molecule is O=C(Nc1cc(Cc2n[nH]c(=O)c3c2CCCC3)ccc1F)NC(Cc1ccccc1)C(=O)O. The zero-order chi connectivity index (χ0) is 24.1. The van der Waals surface area contributed by atoms with E-state index in [0.717, 1.165) is 41.6 Å². The summed E-state index contributed by atoms with van der Waals surface area (Å²) in [7, 11) is 0. The maximum absolute atomic E-state index is 14.4. The molecule has 1 aromatic heterocycles. The van der Waals surface area contributed by atoms with Crippen molar-refractivity contribution in [1.82, 2.24) is 15.5 Å². The molecule has 0 fully saturated rings. The maximum atomic E-state index is 14.4. The highest BCUT2D eigenvalue weighted by molar-refractivity contribution is 5.92. The molecule has 4 N–H and O–H groups in total. The van der Waals surface area contributed by atoms with E-state index >= 15 is 0 Å². The summed E-state index contributed by atoms with van der Waals surface area (Å²) in [5.41, 5.74) is 3.64. The van der Waals surface area contributed by atoms with Crippen molar-refractivity contribution in [1.29, 1.82) is 0 Å². The Morgan fingerprint density at radius 1 is 1.06 bits per heavy atom. The molecular weight excluding hydrogens is 439 g/mol. The molecule has 1 unspecified atom stereocenters. The van der Waals surface area contributed by atoms with Gasteiger partial charge in [0.1, 0.15) is 11.9 Å². The summed E-state index contributed by atoms with van der Waals surface area (Å²) in [6, 6.07) is 11.2. The van der Waals surface area contributed by atoms with Gasteiger partial charge >= 0.3 is 12.0 Å². The second-order valence-electron chi connectivity index (χ2n) is 8.33. The van der Waals surface area contributed by atoms with Gasteiger partial charge in [0.15, 0.2) is 0 Å². The Balaban J connectivity index is 1.47. The highest BCUT2D eigenvalue weighted by Gasteiger charge is 2.22. The number of carbonyl (C=O) groups is 2. The number of H-pyrrole nitrogens is 1. The number of nitrogens with zero attached hydrogens (tertiary/aromatic N) is 1. The molecule has 0 saturated heterocycles. The number of benzene rings is 2. The van der Waals surface area contributed by atoms with Crippen LogP contribution in [-0.2, 0) is 30.5 Å². The van der Waals surface area contributed by atoms with E-state index in [1.165, 1.54) is 12.1 Å². The van der Waals surface area contributed by atoms with Gasteiger partial charge in [-0.2, -0.15) is 5.10 Å². The van der Waals surface area contributed by atoms with Crippen molar-refractivity contribution in [3.8, 4) is 0 Å². The summed E-state index contributed by atoms with van der Waals surface area (Å²) < 4.78 is 14.4. The predicted octanol–water partition coefficient (Wildman–Crippen LogP) is 3.20. The first-order valence-electron chi connectivity index (χ1n) is 11.1. The fourth-order valence-corrected chi connectivity index (χ4v) is 4.21. The van der Waals surface area contributed by atoms with Crippen LogP contribution in [0.4, 0.5) is 14.9 Å². The van der Waals surface area contributed by atoms with Gasteiger partial charge in [0.2, 0.25) is 0 Å². The molecule has 176 valence electrons. The molecule has 4 rings (SSSR count). The lowest BCUT2D eigenvalue weighted by Crippen LogP contribution is -2.44. The third kappa shape index (κ3) is 5.48. The van der Waals surface area contributed by atoms with Gasteiger partial charge in [-0.25, -0.2) is 19.1 Å². The number of amides is 2. The molecule has 1 aliphatic rings. The fraction of sp³-hybridized carbons (Fsp3) is 0.280. The van der Waals surface area contributed by atoms with Crippen LogP contribution in [-0.4, -0.2) is 33.3 Å². The van der Waals surface area contributed by atoms with E-state index in [9.17, 15) is 23.9 Å². The zero-order valence-electron chi connectivity index (χ0n) is 18.4. The minimum absolute atomic E-state index is 0.0721. The van der Waals surface area contributed by atoms with Gasteiger partial charge in [-0.3, -0.25) is 4.79 Å². The van der Waals surface area contributed by atoms with Crippen molar-refractivity contribution in [2.24, 2.45) is 0 Å². The number of aliphatic carboxylic acids is 1. The van der Waals surface area contributed by atoms with E-state index in [0.29, 0.717) is 18.4 Å². The number of halogens is 1. The van der Waals surface area contributed by atoms with Crippen LogP contribution < -0.4 is 16.2 Å². The van der Waals surface area contributed by atoms with Crippen LogP contribution >= 0.6 is 0 Å². The van der Waals surface area contributed by atoms with E-state index < -0.39 is 23.9 Å². The van der Waals surface area contributed by atoms with Gasteiger partial charge in [0.25, 0.3) is 5.56 Å². The van der Waals surface area contributed by atoms with Crippen LogP contribution in [0.25, 0.3) is 0 Å². The number of hydrogen-bond donors (Lipinski definition) is 4. The number of carbonyl (C=O) groups excluding carboxylic acids is 1. The number of aromatic amines is 1. The first-order valence-corrected chi connectivity index (χ1v) is 11.1. The topological polar surface area (TPSA) is 124 Å². The molecule has 0 radical (unpaired) electrons. The van der Waals surface area contributed by atoms with Gasteiger partial charge in [-0.1, -0.05) is 36.4 Å². The lowest BCUT2D eigenvalue weighted by Gasteiger charge is -2.18. The Morgan fingerprint density at radius 2 is 1.79 bits per heavy atom. The van der Waals surface area contributed by atoms with Crippen LogP contribution in [0.5, 0.6) is 0 Å². The second kappa shape index (κ2) is 10.3. The zero-order valence-corrected chi connectivity index (χ0v) is 18.4. The van der Waals surface area contributed by atoms with Gasteiger partial charge in [-0.15, -0.1) is 0 Å². The highest BCUT2D eigenvalue weighted by Crippen LogP contribution is 2.24. The Morgan fingerprint density at radius 3 is 2.53 bits per heavy atom. The first kappa shape index (κ1) is 23.2. The third-order valence-electron chi connectivity index (χ3n) is 5.92. The van der Waals surface area contributed by atoms with Gasteiger partial charge in [0, 0.05) is 18.4 Å². The van der Waals surface area contributed by atoms with Crippen molar-refractivity contribution in [2.75, 3.05) is 5.32 Å². The highest BCUT2D eigenvalue weighted by atomic mass is 19.1. The number of anilines is 1. The largest absolute Gasteiger partial charge is 0.480 e. The van der Waals surface area contributed by atoms with Crippen molar-refractivity contribution < 1.29 is 19.1 Å². The van der Waals surface area contributed by atoms with Crippen LogP contribution in [0.2, 0.25) is 0 Å². The summed E-state index contributed by atoms with van der Waals surface area (Å²) in [5.74, 6) is -1.84. The molecule has 1 atom stereocenters. The minimum atomic E-state index is -1.19. The molecule has 0 spiro atoms. The molecule has 2 aromatic carbocycles. The Kier molecular flexibility index (Phi) is 7.01. The van der Waals surface area contributed by atoms with Crippen LogP contribution in [0.1, 0.15) is 40.8 Å². The molecule has 34 heavy (non-hydrogen) atoms. The Labute approximate surface area is 195 Å². The van der Waals surface area contributed by atoms with Crippen LogP contribution in [0.3, 0.4) is 0 Å². The van der Waals surface area contributed by atoms with E-state index in [1.54, 1.807) is 30.3 Å². The van der Waals surface area contributed by atoms with Crippen molar-refractivity contribution in [2.45, 2.75) is 44.6 Å². The Hall–Kier alpha value is -4.01. The molecule has 2 amide bonds. The molecule has 1 heterocycles. The average molecular weight is 464 g/mol. The third-order valence-corrected chi connectivity index (χ3v) is 5.92. The number of rotatable bonds is 7. The second-order valence-corrected chi connectivity index (χ2v) is 8.33. The molecule has 0 saturated carbocycles. The van der Waals surface area contributed by atoms with E-state index in [1.807, 2.05) is 6.07 Å². The normalized spacial score (nSPS) is 13.6. The van der Waals surface area contributed by atoms with Crippen molar-refractivity contribution >= 4 is 17.7 Å². The summed E-state index contributed by atoms with van der Waals surface area (Å²) in [6.45, 7) is 0. The number of nitrogens with one attached hydrogen (secondary N) is 3. The van der Waals surface area contributed by atoms with Gasteiger partial charge in [0.05, 0.1) is 11.4 Å². The maximum Gasteiger partial charge on any atom is 0.326 e. The molecule has 1 aliphatic carbocycles.